The molecule has 0 aliphatic carbocycles. The van der Waals surface area contributed by atoms with Crippen molar-refractivity contribution in [3.05, 3.63) is 24.0 Å². The van der Waals surface area contributed by atoms with Gasteiger partial charge in [0.2, 0.25) is 10.0 Å². The summed E-state index contributed by atoms with van der Waals surface area (Å²) in [6.45, 7) is 5.80. The molecule has 0 unspecified atom stereocenters. The molecule has 4 nitrogen and oxygen atoms in total. The molecule has 0 atom stereocenters. The summed E-state index contributed by atoms with van der Waals surface area (Å²) in [7, 11) is -3.58. The second kappa shape index (κ2) is 5.14. The van der Waals surface area contributed by atoms with Crippen LogP contribution in [0, 0.1) is 11.2 Å². The van der Waals surface area contributed by atoms with E-state index in [4.69, 9.17) is 0 Å². The molecule has 0 aliphatic rings. The zero-order chi connectivity index (χ0) is 14.0. The van der Waals surface area contributed by atoms with Gasteiger partial charge in [0.1, 0.15) is 11.6 Å². The lowest BCUT2D eigenvalue weighted by molar-refractivity contribution is 0.397. The molecule has 2 N–H and O–H groups in total. The Bertz CT molecular complexity index is 521. The van der Waals surface area contributed by atoms with Crippen molar-refractivity contribution in [2.24, 2.45) is 5.41 Å². The van der Waals surface area contributed by atoms with Crippen molar-refractivity contribution in [3.63, 3.8) is 0 Å². The third kappa shape index (κ3) is 4.91. The van der Waals surface area contributed by atoms with Gasteiger partial charge in [0, 0.05) is 6.07 Å². The molecular weight excluding hydrogens is 257 g/mol. The van der Waals surface area contributed by atoms with Crippen LogP contribution in [0.25, 0.3) is 0 Å². The highest BCUT2D eigenvalue weighted by molar-refractivity contribution is 7.92. The Hall–Kier alpha value is -1.30. The van der Waals surface area contributed by atoms with Gasteiger partial charge in [0.05, 0.1) is 11.4 Å². The summed E-state index contributed by atoms with van der Waals surface area (Å²) in [6.07, 6.45) is 0.471. The highest BCUT2D eigenvalue weighted by atomic mass is 32.2. The number of anilines is 1. The largest absolute Gasteiger partial charge is 0.506 e. The lowest BCUT2D eigenvalue weighted by Crippen LogP contribution is -2.21. The number of benzene rings is 1. The number of nitrogens with one attached hydrogen (secondary N) is 1. The molecule has 0 heterocycles. The first-order chi connectivity index (χ1) is 8.09. The maximum atomic E-state index is 13.0. The molecule has 0 spiro atoms. The quantitative estimate of drug-likeness (QED) is 0.830. The lowest BCUT2D eigenvalue weighted by Gasteiger charge is -2.18. The van der Waals surface area contributed by atoms with E-state index >= 15 is 0 Å². The van der Waals surface area contributed by atoms with E-state index in [0.29, 0.717) is 6.42 Å². The highest BCUT2D eigenvalue weighted by Crippen LogP contribution is 2.26. The van der Waals surface area contributed by atoms with E-state index in [1.54, 1.807) is 0 Å². The van der Waals surface area contributed by atoms with Gasteiger partial charge in [-0.25, -0.2) is 12.8 Å². The fourth-order valence-corrected chi connectivity index (χ4v) is 2.73. The van der Waals surface area contributed by atoms with Crippen LogP contribution in [0.3, 0.4) is 0 Å². The molecular formula is C12H18FNO3S. The van der Waals surface area contributed by atoms with Crippen LogP contribution in [0.4, 0.5) is 10.1 Å². The van der Waals surface area contributed by atoms with Crippen molar-refractivity contribution in [1.29, 1.82) is 0 Å². The molecule has 0 saturated heterocycles. The Morgan fingerprint density at radius 2 is 1.94 bits per heavy atom. The average Bonchev–Trinajstić information content (AvgIpc) is 2.20. The minimum absolute atomic E-state index is 0.0769. The van der Waals surface area contributed by atoms with Crippen LogP contribution < -0.4 is 4.72 Å². The lowest BCUT2D eigenvalue weighted by atomic mass is 9.94. The van der Waals surface area contributed by atoms with Gasteiger partial charge in [0.25, 0.3) is 0 Å². The molecule has 0 bridgehead atoms. The van der Waals surface area contributed by atoms with Gasteiger partial charge < -0.3 is 5.11 Å². The van der Waals surface area contributed by atoms with Crippen LogP contribution in [0.2, 0.25) is 0 Å². The Morgan fingerprint density at radius 1 is 1.33 bits per heavy atom. The molecule has 0 amide bonds. The first-order valence-electron chi connectivity index (χ1n) is 5.58. The summed E-state index contributed by atoms with van der Waals surface area (Å²) >= 11 is 0. The van der Waals surface area contributed by atoms with E-state index in [2.05, 4.69) is 4.72 Å². The number of hydrogen-bond donors (Lipinski definition) is 2. The normalized spacial score (nSPS) is 12.4. The predicted molar refractivity (Wildman–Crippen MR) is 69.5 cm³/mol. The van der Waals surface area contributed by atoms with Crippen molar-refractivity contribution in [3.8, 4) is 5.75 Å². The smallest absolute Gasteiger partial charge is 0.232 e. The van der Waals surface area contributed by atoms with Gasteiger partial charge in [-0.05, 0) is 24.0 Å². The van der Waals surface area contributed by atoms with Crippen LogP contribution in [0.15, 0.2) is 18.2 Å². The molecule has 0 fully saturated rings. The number of aromatic hydroxyl groups is 1. The molecule has 102 valence electrons. The van der Waals surface area contributed by atoms with E-state index < -0.39 is 15.8 Å². The molecule has 0 aliphatic heterocycles. The first-order valence-corrected chi connectivity index (χ1v) is 7.23. The Balaban J connectivity index is 2.80. The summed E-state index contributed by atoms with van der Waals surface area (Å²) in [5.41, 5.74) is -0.248. The summed E-state index contributed by atoms with van der Waals surface area (Å²) in [5, 5.41) is 9.43. The van der Waals surface area contributed by atoms with E-state index in [1.807, 2.05) is 20.8 Å². The Morgan fingerprint density at radius 3 is 2.50 bits per heavy atom. The maximum absolute atomic E-state index is 13.0. The molecule has 1 rings (SSSR count). The number of halogens is 1. The summed E-state index contributed by atoms with van der Waals surface area (Å²) in [5.74, 6) is -0.982. The van der Waals surface area contributed by atoms with Gasteiger partial charge in [-0.2, -0.15) is 0 Å². The van der Waals surface area contributed by atoms with Crippen LogP contribution in [-0.4, -0.2) is 19.3 Å². The van der Waals surface area contributed by atoms with E-state index in [1.165, 1.54) is 0 Å². The number of phenols is 1. The topological polar surface area (TPSA) is 66.4 Å². The molecule has 1 aromatic rings. The number of sulfonamides is 1. The van der Waals surface area contributed by atoms with Crippen LogP contribution in [-0.2, 0) is 10.0 Å². The van der Waals surface area contributed by atoms with Gasteiger partial charge in [-0.3, -0.25) is 4.72 Å². The molecule has 1 aromatic carbocycles. The number of phenolic OH excluding ortho intramolecular Hbond substituents is 1. The second-order valence-electron chi connectivity index (χ2n) is 5.39. The van der Waals surface area contributed by atoms with Gasteiger partial charge in [-0.15, -0.1) is 0 Å². The molecule has 18 heavy (non-hydrogen) atoms. The fourth-order valence-electron chi connectivity index (χ4n) is 1.25. The molecule has 0 aromatic heterocycles. The van der Waals surface area contributed by atoms with Crippen LogP contribution in [0.1, 0.15) is 27.2 Å². The number of hydrogen-bond acceptors (Lipinski definition) is 3. The van der Waals surface area contributed by atoms with E-state index in [9.17, 15) is 17.9 Å². The van der Waals surface area contributed by atoms with Gasteiger partial charge in [0.15, 0.2) is 0 Å². The maximum Gasteiger partial charge on any atom is 0.232 e. The second-order valence-corrected chi connectivity index (χ2v) is 7.23. The SMILES string of the molecule is CC(C)(C)CCS(=O)(=O)Nc1cc(F)ccc1O. The highest BCUT2D eigenvalue weighted by Gasteiger charge is 2.18. The zero-order valence-electron chi connectivity index (χ0n) is 10.7. The summed E-state index contributed by atoms with van der Waals surface area (Å²) < 4.78 is 38.7. The fraction of sp³-hybridized carbons (Fsp3) is 0.500. The van der Waals surface area contributed by atoms with Crippen molar-refractivity contribution in [2.45, 2.75) is 27.2 Å². The van der Waals surface area contributed by atoms with Crippen molar-refractivity contribution in [1.82, 2.24) is 0 Å². The predicted octanol–water partition coefficient (Wildman–Crippen LogP) is 2.71. The molecule has 0 saturated carbocycles. The molecule has 0 radical (unpaired) electrons. The van der Waals surface area contributed by atoms with Crippen molar-refractivity contribution in [2.75, 3.05) is 10.5 Å². The van der Waals surface area contributed by atoms with E-state index in [-0.39, 0.29) is 22.6 Å². The first kappa shape index (κ1) is 14.8. The van der Waals surface area contributed by atoms with Crippen LogP contribution in [0.5, 0.6) is 5.75 Å². The minimum Gasteiger partial charge on any atom is -0.506 e. The monoisotopic (exact) mass is 275 g/mol. The van der Waals surface area contributed by atoms with Gasteiger partial charge >= 0.3 is 0 Å². The zero-order valence-corrected chi connectivity index (χ0v) is 11.5. The minimum atomic E-state index is -3.58. The van der Waals surface area contributed by atoms with E-state index in [0.717, 1.165) is 18.2 Å². The third-order valence-corrected chi connectivity index (χ3v) is 3.62. The number of rotatable bonds is 4. The summed E-state index contributed by atoms with van der Waals surface area (Å²) in [6, 6.07) is 3.11. The standard InChI is InChI=1S/C12H18FNO3S/c1-12(2,3)6-7-18(16,17)14-10-8-9(13)4-5-11(10)15/h4-5,8,14-15H,6-7H2,1-3H3. The average molecular weight is 275 g/mol. The third-order valence-electron chi connectivity index (χ3n) is 2.34. The Kier molecular flexibility index (Phi) is 4.21. The Labute approximate surface area is 107 Å². The van der Waals surface area contributed by atoms with Crippen molar-refractivity contribution < 1.29 is 17.9 Å². The van der Waals surface area contributed by atoms with Crippen molar-refractivity contribution >= 4 is 15.7 Å². The summed E-state index contributed by atoms with van der Waals surface area (Å²) in [4.78, 5) is 0. The molecule has 6 heteroatoms. The van der Waals surface area contributed by atoms with Crippen LogP contribution >= 0.6 is 0 Å². The van der Waals surface area contributed by atoms with Gasteiger partial charge in [-0.1, -0.05) is 20.8 Å².